The summed E-state index contributed by atoms with van der Waals surface area (Å²) in [4.78, 5) is 19.0. The highest BCUT2D eigenvalue weighted by molar-refractivity contribution is 5.92. The molecule has 0 saturated heterocycles. The van der Waals surface area contributed by atoms with Crippen molar-refractivity contribution in [3.63, 3.8) is 0 Å². The van der Waals surface area contributed by atoms with E-state index >= 15 is 0 Å². The number of rotatable bonds is 2. The fourth-order valence-corrected chi connectivity index (χ4v) is 0.988. The molecule has 0 unspecified atom stereocenters. The normalized spacial score (nSPS) is 9.40. The topological polar surface area (TPSA) is 102 Å². The Morgan fingerprint density at radius 2 is 2.27 bits per heavy atom. The number of hydrogen-bond donors (Lipinski definition) is 1. The van der Waals surface area contributed by atoms with Gasteiger partial charge < -0.3 is 10.5 Å². The van der Waals surface area contributed by atoms with E-state index < -0.39 is 5.97 Å². The van der Waals surface area contributed by atoms with E-state index in [9.17, 15) is 4.79 Å². The molecular weight excluding hydrogens is 196 g/mol. The van der Waals surface area contributed by atoms with Crippen molar-refractivity contribution in [2.45, 2.75) is 13.8 Å². The summed E-state index contributed by atoms with van der Waals surface area (Å²) in [5, 5.41) is 8.65. The number of nitrogens with two attached hydrogens (primary N) is 1. The van der Waals surface area contributed by atoms with Gasteiger partial charge in [-0.25, -0.2) is 14.8 Å². The molecule has 6 nitrogen and oxygen atoms in total. The van der Waals surface area contributed by atoms with Crippen molar-refractivity contribution in [2.24, 2.45) is 0 Å². The van der Waals surface area contributed by atoms with Crippen molar-refractivity contribution in [3.8, 4) is 6.07 Å². The fraction of sp³-hybridized carbons (Fsp3) is 0.333. The van der Waals surface area contributed by atoms with Crippen molar-refractivity contribution in [1.82, 2.24) is 9.97 Å². The lowest BCUT2D eigenvalue weighted by Gasteiger charge is -2.05. The van der Waals surface area contributed by atoms with Gasteiger partial charge in [-0.05, 0) is 13.8 Å². The van der Waals surface area contributed by atoms with Crippen molar-refractivity contribution in [3.05, 3.63) is 17.1 Å². The van der Waals surface area contributed by atoms with Crippen LogP contribution in [0.15, 0.2) is 0 Å². The number of nitrogens with zero attached hydrogens (tertiary/aromatic N) is 3. The third kappa shape index (κ3) is 2.20. The van der Waals surface area contributed by atoms with Gasteiger partial charge in [0, 0.05) is 0 Å². The van der Waals surface area contributed by atoms with Crippen LogP contribution in [0.5, 0.6) is 0 Å². The molecule has 0 aromatic carbocycles. The van der Waals surface area contributed by atoms with Gasteiger partial charge in [-0.3, -0.25) is 0 Å². The summed E-state index contributed by atoms with van der Waals surface area (Å²) < 4.78 is 4.73. The van der Waals surface area contributed by atoms with E-state index in [-0.39, 0.29) is 23.8 Å². The van der Waals surface area contributed by atoms with Gasteiger partial charge in [-0.1, -0.05) is 0 Å². The molecule has 0 fully saturated rings. The van der Waals surface area contributed by atoms with E-state index in [0.29, 0.717) is 5.69 Å². The molecule has 0 aliphatic heterocycles. The van der Waals surface area contributed by atoms with Crippen LogP contribution >= 0.6 is 0 Å². The standard InChI is InChI=1S/C9H10N4O2/c1-3-15-9(14)7-8(11)13-6(4-10)5(2)12-7/h3H2,1-2H3,(H2,11,13). The van der Waals surface area contributed by atoms with Crippen LogP contribution in [0, 0.1) is 18.3 Å². The maximum Gasteiger partial charge on any atom is 0.360 e. The van der Waals surface area contributed by atoms with E-state index in [4.69, 9.17) is 15.7 Å². The van der Waals surface area contributed by atoms with Crippen molar-refractivity contribution < 1.29 is 9.53 Å². The minimum Gasteiger partial charge on any atom is -0.461 e. The first-order valence-electron chi connectivity index (χ1n) is 4.31. The van der Waals surface area contributed by atoms with E-state index in [2.05, 4.69) is 9.97 Å². The van der Waals surface area contributed by atoms with Crippen molar-refractivity contribution in [2.75, 3.05) is 12.3 Å². The summed E-state index contributed by atoms with van der Waals surface area (Å²) in [6.45, 7) is 3.49. The maximum atomic E-state index is 11.3. The molecule has 1 rings (SSSR count). The van der Waals surface area contributed by atoms with Crippen LogP contribution in [0.2, 0.25) is 0 Å². The number of aromatic nitrogens is 2. The number of hydrogen-bond acceptors (Lipinski definition) is 6. The first kappa shape index (κ1) is 10.9. The number of aryl methyl sites for hydroxylation is 1. The van der Waals surface area contributed by atoms with Crippen LogP contribution in [-0.2, 0) is 4.74 Å². The van der Waals surface area contributed by atoms with Gasteiger partial charge in [-0.15, -0.1) is 0 Å². The molecule has 0 saturated carbocycles. The average molecular weight is 206 g/mol. The summed E-state index contributed by atoms with van der Waals surface area (Å²) in [5.41, 5.74) is 5.89. The van der Waals surface area contributed by atoms with Gasteiger partial charge in [0.2, 0.25) is 0 Å². The predicted octanol–water partition coefficient (Wildman–Crippen LogP) is 0.416. The lowest BCUT2D eigenvalue weighted by atomic mass is 10.3. The number of ether oxygens (including phenoxy) is 1. The van der Waals surface area contributed by atoms with Crippen molar-refractivity contribution in [1.29, 1.82) is 5.26 Å². The molecule has 2 N–H and O–H groups in total. The highest BCUT2D eigenvalue weighted by atomic mass is 16.5. The number of carbonyl (C=O) groups excluding carboxylic acids is 1. The van der Waals surface area contributed by atoms with Crippen LogP contribution in [0.3, 0.4) is 0 Å². The molecule has 6 heteroatoms. The number of nitriles is 1. The number of anilines is 1. The Balaban J connectivity index is 3.17. The molecule has 0 bridgehead atoms. The van der Waals surface area contributed by atoms with Crippen LogP contribution in [0.25, 0.3) is 0 Å². The lowest BCUT2D eigenvalue weighted by molar-refractivity contribution is 0.0520. The van der Waals surface area contributed by atoms with Gasteiger partial charge >= 0.3 is 5.97 Å². The molecule has 1 heterocycles. The largest absolute Gasteiger partial charge is 0.461 e. The van der Waals surface area contributed by atoms with Gasteiger partial charge in [0.05, 0.1) is 12.3 Å². The number of esters is 1. The first-order valence-corrected chi connectivity index (χ1v) is 4.31. The van der Waals surface area contributed by atoms with Gasteiger partial charge in [-0.2, -0.15) is 5.26 Å². The highest BCUT2D eigenvalue weighted by Gasteiger charge is 2.16. The zero-order valence-corrected chi connectivity index (χ0v) is 8.44. The summed E-state index contributed by atoms with van der Waals surface area (Å²) in [5.74, 6) is -0.717. The zero-order chi connectivity index (χ0) is 11.4. The van der Waals surface area contributed by atoms with E-state index in [1.807, 2.05) is 6.07 Å². The highest BCUT2D eigenvalue weighted by Crippen LogP contribution is 2.10. The smallest absolute Gasteiger partial charge is 0.360 e. The molecule has 0 radical (unpaired) electrons. The molecule has 0 aliphatic rings. The third-order valence-corrected chi connectivity index (χ3v) is 1.67. The first-order chi connectivity index (χ1) is 7.10. The van der Waals surface area contributed by atoms with Gasteiger partial charge in [0.25, 0.3) is 0 Å². The van der Waals surface area contributed by atoms with Crippen molar-refractivity contribution >= 4 is 11.8 Å². The van der Waals surface area contributed by atoms with Crippen LogP contribution in [0.1, 0.15) is 28.8 Å². The fourth-order valence-electron chi connectivity index (χ4n) is 0.988. The zero-order valence-electron chi connectivity index (χ0n) is 8.44. The van der Waals surface area contributed by atoms with Crippen LogP contribution < -0.4 is 5.73 Å². The van der Waals surface area contributed by atoms with E-state index in [1.54, 1.807) is 13.8 Å². The Morgan fingerprint density at radius 1 is 1.60 bits per heavy atom. The minimum atomic E-state index is -0.630. The molecule has 0 aliphatic carbocycles. The molecule has 78 valence electrons. The second kappa shape index (κ2) is 4.37. The third-order valence-electron chi connectivity index (χ3n) is 1.67. The molecule has 15 heavy (non-hydrogen) atoms. The van der Waals surface area contributed by atoms with E-state index in [0.717, 1.165) is 0 Å². The molecule has 1 aromatic rings. The Kier molecular flexibility index (Phi) is 3.18. The van der Waals surface area contributed by atoms with E-state index in [1.165, 1.54) is 0 Å². The van der Waals surface area contributed by atoms with Crippen LogP contribution in [0.4, 0.5) is 5.82 Å². The number of nitrogen functional groups attached to an aromatic ring is 1. The van der Waals surface area contributed by atoms with Gasteiger partial charge in [0.15, 0.2) is 17.2 Å². The lowest BCUT2D eigenvalue weighted by Crippen LogP contribution is -2.13. The minimum absolute atomic E-state index is 0.0478. The molecule has 1 aromatic heterocycles. The Morgan fingerprint density at radius 3 is 2.80 bits per heavy atom. The summed E-state index contributed by atoms with van der Waals surface area (Å²) in [6.07, 6.45) is 0. The molecule has 0 spiro atoms. The molecule has 0 amide bonds. The average Bonchev–Trinajstić information content (AvgIpc) is 2.21. The maximum absolute atomic E-state index is 11.3. The number of carbonyl (C=O) groups is 1. The SMILES string of the molecule is CCOC(=O)c1nc(C)c(C#N)nc1N. The summed E-state index contributed by atoms with van der Waals surface area (Å²) in [7, 11) is 0. The Hall–Kier alpha value is -2.16. The Labute approximate surface area is 86.7 Å². The summed E-state index contributed by atoms with van der Waals surface area (Å²) >= 11 is 0. The van der Waals surface area contributed by atoms with Crippen LogP contribution in [-0.4, -0.2) is 22.5 Å². The second-order valence-electron chi connectivity index (χ2n) is 2.72. The quantitative estimate of drug-likeness (QED) is 0.703. The molecular formula is C9H10N4O2. The Bertz CT molecular complexity index is 436. The monoisotopic (exact) mass is 206 g/mol. The van der Waals surface area contributed by atoms with Gasteiger partial charge in [0.1, 0.15) is 6.07 Å². The summed E-state index contributed by atoms with van der Waals surface area (Å²) in [6, 6.07) is 1.83. The second-order valence-corrected chi connectivity index (χ2v) is 2.72. The molecule has 0 atom stereocenters. The predicted molar refractivity (Wildman–Crippen MR) is 51.9 cm³/mol.